The Hall–Kier alpha value is -0.950. The van der Waals surface area contributed by atoms with Crippen molar-refractivity contribution in [2.75, 3.05) is 0 Å². The molecule has 0 radical (unpaired) electrons. The first-order valence-electron chi connectivity index (χ1n) is 5.81. The molecule has 1 fully saturated rings. The topological polar surface area (TPSA) is 45.8 Å². The molecule has 1 aliphatic carbocycles. The smallest absolute Gasteiger partial charge is 0.264 e. The van der Waals surface area contributed by atoms with E-state index in [1.165, 1.54) is 18.2 Å². The van der Waals surface area contributed by atoms with Crippen LogP contribution in [0.4, 0.5) is 4.39 Å². The van der Waals surface area contributed by atoms with Crippen molar-refractivity contribution in [1.82, 2.24) is 9.97 Å². The molecule has 0 saturated heterocycles. The molecular formula is C13H9ClFIN2O. The van der Waals surface area contributed by atoms with Crippen LogP contribution in [0.25, 0.3) is 11.4 Å². The minimum atomic E-state index is -0.413. The molecule has 1 heterocycles. The summed E-state index contributed by atoms with van der Waals surface area (Å²) in [5.41, 5.74) is 1.19. The number of aromatic amines is 1. The zero-order valence-electron chi connectivity index (χ0n) is 9.71. The van der Waals surface area contributed by atoms with Crippen LogP contribution in [0.1, 0.15) is 24.5 Å². The summed E-state index contributed by atoms with van der Waals surface area (Å²) in [5, 5.41) is 0.242. The fraction of sp³-hybridized carbons (Fsp3) is 0.231. The molecule has 0 unspecified atom stereocenters. The second-order valence-electron chi connectivity index (χ2n) is 4.51. The summed E-state index contributed by atoms with van der Waals surface area (Å²) in [5.74, 6) is 0.355. The number of hydrogen-bond donors (Lipinski definition) is 1. The second kappa shape index (κ2) is 4.86. The lowest BCUT2D eigenvalue weighted by Crippen LogP contribution is -2.16. The van der Waals surface area contributed by atoms with E-state index >= 15 is 0 Å². The van der Waals surface area contributed by atoms with Gasteiger partial charge in [-0.2, -0.15) is 0 Å². The van der Waals surface area contributed by atoms with Gasteiger partial charge >= 0.3 is 0 Å². The van der Waals surface area contributed by atoms with Gasteiger partial charge in [0.15, 0.2) is 0 Å². The second-order valence-corrected chi connectivity index (χ2v) is 6.00. The van der Waals surface area contributed by atoms with Gasteiger partial charge in [-0.05, 0) is 53.6 Å². The largest absolute Gasteiger partial charge is 0.306 e. The van der Waals surface area contributed by atoms with Crippen LogP contribution >= 0.6 is 34.2 Å². The fourth-order valence-electron chi connectivity index (χ4n) is 1.91. The number of rotatable bonds is 2. The molecule has 1 aromatic heterocycles. The minimum Gasteiger partial charge on any atom is -0.306 e. The molecule has 0 atom stereocenters. The molecule has 1 aliphatic rings. The van der Waals surface area contributed by atoms with Crippen LogP contribution in [-0.4, -0.2) is 9.97 Å². The third kappa shape index (κ3) is 2.53. The Morgan fingerprint density at radius 2 is 2.16 bits per heavy atom. The maximum atomic E-state index is 13.0. The monoisotopic (exact) mass is 390 g/mol. The van der Waals surface area contributed by atoms with Crippen LogP contribution in [0.2, 0.25) is 5.02 Å². The normalized spacial score (nSPS) is 14.7. The number of aromatic nitrogens is 2. The summed E-state index contributed by atoms with van der Waals surface area (Å²) in [6.07, 6.45) is 2.12. The van der Waals surface area contributed by atoms with Crippen LogP contribution in [-0.2, 0) is 0 Å². The van der Waals surface area contributed by atoms with Gasteiger partial charge in [-0.25, -0.2) is 9.37 Å². The zero-order chi connectivity index (χ0) is 13.6. The SMILES string of the molecule is O=c1[nH]c(-c2ccc(F)cc2Cl)nc(C2CC2)c1I. The summed E-state index contributed by atoms with van der Waals surface area (Å²) in [4.78, 5) is 19.1. The number of halogens is 3. The molecule has 3 nitrogen and oxygen atoms in total. The van der Waals surface area contributed by atoms with Crippen molar-refractivity contribution < 1.29 is 4.39 Å². The van der Waals surface area contributed by atoms with Gasteiger partial charge in [0.1, 0.15) is 11.6 Å². The maximum Gasteiger partial charge on any atom is 0.264 e. The Kier molecular flexibility index (Phi) is 3.34. The van der Waals surface area contributed by atoms with E-state index in [9.17, 15) is 9.18 Å². The Morgan fingerprint density at radius 1 is 1.42 bits per heavy atom. The van der Waals surface area contributed by atoms with E-state index in [1.807, 2.05) is 22.6 Å². The van der Waals surface area contributed by atoms with Crippen molar-refractivity contribution in [2.24, 2.45) is 0 Å². The molecule has 0 amide bonds. The average molecular weight is 391 g/mol. The quantitative estimate of drug-likeness (QED) is 0.795. The van der Waals surface area contributed by atoms with Crippen molar-refractivity contribution >= 4 is 34.2 Å². The lowest BCUT2D eigenvalue weighted by Gasteiger charge is -2.07. The van der Waals surface area contributed by atoms with E-state index in [4.69, 9.17) is 11.6 Å². The highest BCUT2D eigenvalue weighted by Crippen LogP contribution is 2.40. The number of nitrogens with one attached hydrogen (secondary N) is 1. The number of nitrogens with zero attached hydrogens (tertiary/aromatic N) is 1. The highest BCUT2D eigenvalue weighted by atomic mass is 127. The van der Waals surface area contributed by atoms with Crippen LogP contribution in [0.15, 0.2) is 23.0 Å². The van der Waals surface area contributed by atoms with Gasteiger partial charge in [0.25, 0.3) is 5.56 Å². The first-order chi connectivity index (χ1) is 9.06. The van der Waals surface area contributed by atoms with Crippen LogP contribution < -0.4 is 5.56 Å². The van der Waals surface area contributed by atoms with Crippen molar-refractivity contribution in [2.45, 2.75) is 18.8 Å². The van der Waals surface area contributed by atoms with Crippen LogP contribution in [0.5, 0.6) is 0 Å². The van der Waals surface area contributed by atoms with Gasteiger partial charge in [-0.1, -0.05) is 11.6 Å². The van der Waals surface area contributed by atoms with E-state index in [-0.39, 0.29) is 10.6 Å². The Morgan fingerprint density at radius 3 is 2.79 bits per heavy atom. The van der Waals surface area contributed by atoms with Crippen LogP contribution in [0, 0.1) is 9.39 Å². The molecule has 0 spiro atoms. The van der Waals surface area contributed by atoms with Crippen molar-refractivity contribution in [3.8, 4) is 11.4 Å². The molecule has 1 saturated carbocycles. The van der Waals surface area contributed by atoms with E-state index in [2.05, 4.69) is 9.97 Å². The summed E-state index contributed by atoms with van der Waals surface area (Å²) >= 11 is 8.01. The molecule has 6 heteroatoms. The van der Waals surface area contributed by atoms with Gasteiger partial charge in [0.2, 0.25) is 0 Å². The van der Waals surface area contributed by atoms with E-state index < -0.39 is 5.82 Å². The van der Waals surface area contributed by atoms with E-state index in [1.54, 1.807) is 0 Å². The molecule has 2 aromatic rings. The molecule has 1 N–H and O–H groups in total. The highest BCUT2D eigenvalue weighted by Gasteiger charge is 2.29. The van der Waals surface area contributed by atoms with Gasteiger partial charge in [0, 0.05) is 11.5 Å². The third-order valence-corrected chi connectivity index (χ3v) is 4.39. The van der Waals surface area contributed by atoms with Gasteiger partial charge in [-0.15, -0.1) is 0 Å². The number of H-pyrrole nitrogens is 1. The van der Waals surface area contributed by atoms with Crippen LogP contribution in [0.3, 0.4) is 0 Å². The maximum absolute atomic E-state index is 13.0. The number of benzene rings is 1. The minimum absolute atomic E-state index is 0.173. The number of hydrogen-bond acceptors (Lipinski definition) is 2. The average Bonchev–Trinajstić information content (AvgIpc) is 3.17. The van der Waals surface area contributed by atoms with Gasteiger partial charge in [-0.3, -0.25) is 4.79 Å². The first-order valence-corrected chi connectivity index (χ1v) is 7.27. The van der Waals surface area contributed by atoms with E-state index in [0.717, 1.165) is 18.5 Å². The lowest BCUT2D eigenvalue weighted by molar-refractivity contribution is 0.628. The lowest BCUT2D eigenvalue weighted by atomic mass is 10.2. The molecular weight excluding hydrogens is 382 g/mol. The predicted molar refractivity (Wildman–Crippen MR) is 80.0 cm³/mol. The Labute approximate surface area is 127 Å². The van der Waals surface area contributed by atoms with Crippen molar-refractivity contribution in [3.63, 3.8) is 0 Å². The predicted octanol–water partition coefficient (Wildman–Crippen LogP) is 3.71. The fourth-order valence-corrected chi connectivity index (χ4v) is 2.87. The molecule has 1 aromatic carbocycles. The Bertz CT molecular complexity index is 712. The summed E-state index contributed by atoms with van der Waals surface area (Å²) in [6, 6.07) is 4.04. The van der Waals surface area contributed by atoms with Crippen molar-refractivity contribution in [3.05, 3.63) is 48.7 Å². The molecule has 3 rings (SSSR count). The highest BCUT2D eigenvalue weighted by molar-refractivity contribution is 14.1. The van der Waals surface area contributed by atoms with Crippen molar-refractivity contribution in [1.29, 1.82) is 0 Å². The molecule has 0 bridgehead atoms. The van der Waals surface area contributed by atoms with Gasteiger partial charge in [0.05, 0.1) is 14.3 Å². The summed E-state index contributed by atoms with van der Waals surface area (Å²) < 4.78 is 13.7. The zero-order valence-corrected chi connectivity index (χ0v) is 12.6. The first kappa shape index (κ1) is 13.1. The molecule has 19 heavy (non-hydrogen) atoms. The summed E-state index contributed by atoms with van der Waals surface area (Å²) in [7, 11) is 0. The Balaban J connectivity index is 2.17. The molecule has 0 aliphatic heterocycles. The van der Waals surface area contributed by atoms with E-state index in [0.29, 0.717) is 20.9 Å². The standard InChI is InChI=1S/C13H9ClFIN2O/c14-9-5-7(15)3-4-8(9)12-17-11(6-1-2-6)10(16)13(19)18-12/h3-6H,1-2H2,(H,17,18,19). The summed E-state index contributed by atoms with van der Waals surface area (Å²) in [6.45, 7) is 0. The third-order valence-electron chi connectivity index (χ3n) is 3.04. The molecule has 98 valence electrons. The van der Waals surface area contributed by atoms with Gasteiger partial charge < -0.3 is 4.98 Å².